The van der Waals surface area contributed by atoms with E-state index in [1.165, 1.54) is 0 Å². The highest BCUT2D eigenvalue weighted by Gasteiger charge is 2.10. The molecular weight excluding hydrogens is 216 g/mol. The van der Waals surface area contributed by atoms with Crippen molar-refractivity contribution in [2.45, 2.75) is 0 Å². The molecule has 0 radical (unpaired) electrons. The summed E-state index contributed by atoms with van der Waals surface area (Å²) < 4.78 is 23.3. The third kappa shape index (κ3) is 1.75. The first-order chi connectivity index (χ1) is 6.43. The van der Waals surface area contributed by atoms with Crippen molar-refractivity contribution in [2.75, 3.05) is 11.7 Å². The minimum atomic E-state index is -2.69. The van der Waals surface area contributed by atoms with Crippen molar-refractivity contribution in [3.8, 4) is 5.75 Å². The van der Waals surface area contributed by atoms with Crippen LogP contribution in [0.5, 0.6) is 5.75 Å². The highest BCUT2D eigenvalue weighted by atomic mass is 32.2. The van der Waals surface area contributed by atoms with E-state index in [0.717, 1.165) is 6.20 Å². The Balaban J connectivity index is 3.41. The van der Waals surface area contributed by atoms with E-state index in [2.05, 4.69) is 4.18 Å². The summed E-state index contributed by atoms with van der Waals surface area (Å²) in [4.78, 5) is 22.0. The second-order valence-electron chi connectivity index (χ2n) is 2.16. The van der Waals surface area contributed by atoms with Crippen LogP contribution < -0.4 is 27.1 Å². The number of aromatic nitrogens is 2. The van der Waals surface area contributed by atoms with Crippen LogP contribution in [-0.4, -0.2) is 18.1 Å². The molecule has 0 aliphatic rings. The maximum atomic E-state index is 11.1. The monoisotopic (exact) mass is 222 g/mol. The Labute approximate surface area is 78.9 Å². The van der Waals surface area contributed by atoms with Gasteiger partial charge in [0.2, 0.25) is 5.75 Å². The summed E-state index contributed by atoms with van der Waals surface area (Å²) in [5.41, 5.74) is -2.04. The van der Waals surface area contributed by atoms with Gasteiger partial charge in [-0.15, -0.1) is 0 Å². The van der Waals surface area contributed by atoms with Crippen molar-refractivity contribution in [1.29, 1.82) is 0 Å². The summed E-state index contributed by atoms with van der Waals surface area (Å²) in [6, 6.07) is 0. The van der Waals surface area contributed by atoms with E-state index in [0.29, 0.717) is 4.68 Å². The van der Waals surface area contributed by atoms with Gasteiger partial charge in [-0.05, 0) is 0 Å². The zero-order chi connectivity index (χ0) is 10.9. The Morgan fingerprint density at radius 2 is 2.00 bits per heavy atom. The first kappa shape index (κ1) is 10.3. The van der Waals surface area contributed by atoms with Gasteiger partial charge in [0.1, 0.15) is 0 Å². The summed E-state index contributed by atoms with van der Waals surface area (Å²) in [6.07, 6.45) is 0.752. The van der Waals surface area contributed by atoms with E-state index in [1.807, 2.05) is 0 Å². The fourth-order valence-electron chi connectivity index (χ4n) is 0.701. The molecule has 1 heterocycles. The summed E-state index contributed by atoms with van der Waals surface area (Å²) in [7, 11) is 0. The average molecular weight is 222 g/mol. The van der Waals surface area contributed by atoms with Crippen molar-refractivity contribution >= 4 is 11.4 Å². The van der Waals surface area contributed by atoms with Crippen LogP contribution in [0.1, 0.15) is 0 Å². The molecule has 1 aromatic rings. The topological polar surface area (TPSA) is 143 Å². The SMILES string of the molecule is Nn1cc(OS(=O)O)c(=O)n(N)c1=O. The lowest BCUT2D eigenvalue weighted by molar-refractivity contribution is 0.448. The van der Waals surface area contributed by atoms with Gasteiger partial charge >= 0.3 is 22.6 Å². The Kier molecular flexibility index (Phi) is 2.58. The Hall–Kier alpha value is -1.81. The van der Waals surface area contributed by atoms with Gasteiger partial charge in [0.25, 0.3) is 0 Å². The molecule has 0 aliphatic carbocycles. The van der Waals surface area contributed by atoms with Crippen molar-refractivity contribution in [2.24, 2.45) is 0 Å². The lowest BCUT2D eigenvalue weighted by atomic mass is 10.6. The van der Waals surface area contributed by atoms with Crippen LogP contribution >= 0.6 is 0 Å². The third-order valence-electron chi connectivity index (χ3n) is 1.27. The molecule has 14 heavy (non-hydrogen) atoms. The summed E-state index contributed by atoms with van der Waals surface area (Å²) >= 11 is -2.69. The van der Waals surface area contributed by atoms with Gasteiger partial charge in [0.05, 0.1) is 6.20 Å². The highest BCUT2D eigenvalue weighted by molar-refractivity contribution is 7.74. The number of rotatable bonds is 2. The quantitative estimate of drug-likeness (QED) is 0.356. The molecule has 9 nitrogen and oxygen atoms in total. The normalized spacial score (nSPS) is 12.4. The Morgan fingerprint density at radius 1 is 1.43 bits per heavy atom. The molecule has 5 N–H and O–H groups in total. The summed E-state index contributed by atoms with van der Waals surface area (Å²) in [6.45, 7) is 0. The van der Waals surface area contributed by atoms with Crippen LogP contribution in [0.15, 0.2) is 15.8 Å². The van der Waals surface area contributed by atoms with Crippen molar-refractivity contribution in [1.82, 2.24) is 9.35 Å². The lowest BCUT2D eigenvalue weighted by Gasteiger charge is -2.04. The van der Waals surface area contributed by atoms with Gasteiger partial charge in [-0.3, -0.25) is 9.35 Å². The van der Waals surface area contributed by atoms with E-state index in [9.17, 15) is 13.8 Å². The number of nitrogens with two attached hydrogens (primary N) is 2. The molecule has 0 saturated heterocycles. The van der Waals surface area contributed by atoms with Crippen LogP contribution in [-0.2, 0) is 11.4 Å². The minimum absolute atomic E-state index is 0.155. The largest absolute Gasteiger partial charge is 0.372 e. The van der Waals surface area contributed by atoms with Gasteiger partial charge in [-0.25, -0.2) is 9.47 Å². The van der Waals surface area contributed by atoms with Gasteiger partial charge in [-0.2, -0.15) is 8.89 Å². The third-order valence-corrected chi connectivity index (χ3v) is 1.60. The van der Waals surface area contributed by atoms with E-state index in [4.69, 9.17) is 16.2 Å². The molecule has 0 spiro atoms. The van der Waals surface area contributed by atoms with E-state index >= 15 is 0 Å². The molecule has 1 aromatic heterocycles. The molecule has 0 fully saturated rings. The lowest BCUT2D eigenvalue weighted by Crippen LogP contribution is -2.46. The maximum absolute atomic E-state index is 11.1. The van der Waals surface area contributed by atoms with Crippen LogP contribution in [0, 0.1) is 0 Å². The summed E-state index contributed by atoms with van der Waals surface area (Å²) in [5, 5.41) is 0. The van der Waals surface area contributed by atoms with E-state index in [1.54, 1.807) is 0 Å². The van der Waals surface area contributed by atoms with Crippen molar-refractivity contribution < 1.29 is 12.9 Å². The van der Waals surface area contributed by atoms with Gasteiger partial charge in [0, 0.05) is 0 Å². The number of nitrogens with zero attached hydrogens (tertiary/aromatic N) is 2. The molecule has 0 amide bonds. The zero-order valence-electron chi connectivity index (χ0n) is 6.61. The van der Waals surface area contributed by atoms with Crippen LogP contribution in [0.3, 0.4) is 0 Å². The smallest absolute Gasteiger partial charge is 0.368 e. The standard InChI is InChI=1S/C4H6N4O5S/c5-7-1-2(13-14(11)12)3(9)8(6)4(7)10/h1H,5-6H2,(H,11,12). The predicted molar refractivity (Wildman–Crippen MR) is 46.7 cm³/mol. The number of hydrogen-bond donors (Lipinski definition) is 3. The Morgan fingerprint density at radius 3 is 2.50 bits per heavy atom. The second kappa shape index (κ2) is 3.51. The van der Waals surface area contributed by atoms with Crippen molar-refractivity contribution in [3.05, 3.63) is 27.0 Å². The molecule has 1 unspecified atom stereocenters. The minimum Gasteiger partial charge on any atom is -0.372 e. The number of hydrogen-bond acceptors (Lipinski definition) is 6. The van der Waals surface area contributed by atoms with E-state index < -0.39 is 28.4 Å². The maximum Gasteiger partial charge on any atom is 0.368 e. The fourth-order valence-corrected chi connectivity index (χ4v) is 0.969. The van der Waals surface area contributed by atoms with Gasteiger partial charge < -0.3 is 15.9 Å². The van der Waals surface area contributed by atoms with Crippen LogP contribution in [0.25, 0.3) is 0 Å². The van der Waals surface area contributed by atoms with Crippen molar-refractivity contribution in [3.63, 3.8) is 0 Å². The molecule has 10 heteroatoms. The molecule has 0 aromatic carbocycles. The number of nitrogen functional groups attached to an aromatic ring is 2. The second-order valence-corrected chi connectivity index (χ2v) is 2.76. The first-order valence-corrected chi connectivity index (χ1v) is 4.14. The van der Waals surface area contributed by atoms with Crippen LogP contribution in [0.4, 0.5) is 0 Å². The molecule has 0 bridgehead atoms. The highest BCUT2D eigenvalue weighted by Crippen LogP contribution is 1.98. The average Bonchev–Trinajstić information content (AvgIpc) is 2.10. The fraction of sp³-hybridized carbons (Fsp3) is 0. The predicted octanol–water partition coefficient (Wildman–Crippen LogP) is -3.05. The van der Waals surface area contributed by atoms with Gasteiger partial charge in [-0.1, -0.05) is 0 Å². The Bertz CT molecular complexity index is 489. The molecule has 78 valence electrons. The van der Waals surface area contributed by atoms with Gasteiger partial charge in [0.15, 0.2) is 0 Å². The molecule has 1 rings (SSSR count). The molecule has 0 aliphatic heterocycles. The van der Waals surface area contributed by atoms with E-state index in [-0.39, 0.29) is 4.68 Å². The summed E-state index contributed by atoms with van der Waals surface area (Å²) in [5.74, 6) is 9.46. The zero-order valence-corrected chi connectivity index (χ0v) is 7.43. The molecule has 1 atom stereocenters. The first-order valence-electron chi connectivity index (χ1n) is 3.11. The molecule has 0 saturated carbocycles. The van der Waals surface area contributed by atoms with Crippen LogP contribution in [0.2, 0.25) is 0 Å². The molecular formula is C4H6N4O5S.